The second-order valence-electron chi connectivity index (χ2n) is 2.67. The van der Waals surface area contributed by atoms with Crippen molar-refractivity contribution in [3.05, 3.63) is 28.5 Å². The molecule has 4 heteroatoms. The van der Waals surface area contributed by atoms with Crippen molar-refractivity contribution in [2.45, 2.75) is 13.0 Å². The number of hydrogen-bond acceptors (Lipinski definition) is 2. The number of fused-ring (bicyclic) bond motifs is 1. The maximum absolute atomic E-state index is 5.74. The Morgan fingerprint density at radius 3 is 3.08 bits per heavy atom. The summed E-state index contributed by atoms with van der Waals surface area (Å²) >= 11 is 5.74. The van der Waals surface area contributed by atoms with Gasteiger partial charge in [0, 0.05) is 6.54 Å². The lowest BCUT2D eigenvalue weighted by Gasteiger charge is -2.15. The second-order valence-corrected chi connectivity index (χ2v) is 3.05. The smallest absolute Gasteiger partial charge is 0.129 e. The Hall–Kier alpha value is -0.310. The van der Waals surface area contributed by atoms with Crippen molar-refractivity contribution < 1.29 is 0 Å². The average molecular weight is 205 g/mol. The summed E-state index contributed by atoms with van der Waals surface area (Å²) in [5.74, 6) is 0. The minimum absolute atomic E-state index is 0. The first-order valence-electron chi connectivity index (χ1n) is 3.71. The van der Waals surface area contributed by atoms with E-state index in [0.29, 0.717) is 5.15 Å². The van der Waals surface area contributed by atoms with Crippen LogP contribution in [0.2, 0.25) is 5.15 Å². The number of hydrogen-bond donors (Lipinski definition) is 1. The highest BCUT2D eigenvalue weighted by atomic mass is 35.5. The zero-order valence-corrected chi connectivity index (χ0v) is 8.08. The third-order valence-corrected chi connectivity index (χ3v) is 2.11. The largest absolute Gasteiger partial charge is 0.311 e. The number of nitrogens with zero attached hydrogens (tertiary/aromatic N) is 1. The first kappa shape index (κ1) is 9.78. The van der Waals surface area contributed by atoms with Crippen molar-refractivity contribution in [1.29, 1.82) is 0 Å². The first-order chi connectivity index (χ1) is 5.36. The summed E-state index contributed by atoms with van der Waals surface area (Å²) < 4.78 is 0. The van der Waals surface area contributed by atoms with E-state index in [2.05, 4.69) is 16.4 Å². The van der Waals surface area contributed by atoms with Crippen LogP contribution in [0.5, 0.6) is 0 Å². The zero-order chi connectivity index (χ0) is 7.68. The lowest BCUT2D eigenvalue weighted by Crippen LogP contribution is -2.24. The molecule has 1 aromatic heterocycles. The molecule has 12 heavy (non-hydrogen) atoms. The molecular weight excluding hydrogens is 195 g/mol. The molecule has 0 spiro atoms. The van der Waals surface area contributed by atoms with Gasteiger partial charge in [0.05, 0.1) is 5.69 Å². The highest BCUT2D eigenvalue weighted by Gasteiger charge is 2.08. The average Bonchev–Trinajstić information content (AvgIpc) is 2.04. The third-order valence-electron chi connectivity index (χ3n) is 1.90. The fourth-order valence-corrected chi connectivity index (χ4v) is 1.48. The summed E-state index contributed by atoms with van der Waals surface area (Å²) in [5, 5.41) is 3.84. The molecule has 0 saturated carbocycles. The number of nitrogens with one attached hydrogen (secondary N) is 1. The molecule has 2 heterocycles. The molecule has 66 valence electrons. The molecule has 0 radical (unpaired) electrons. The Balaban J connectivity index is 0.000000720. The quantitative estimate of drug-likeness (QED) is 0.653. The van der Waals surface area contributed by atoms with Crippen LogP contribution < -0.4 is 5.32 Å². The molecule has 0 atom stereocenters. The van der Waals surface area contributed by atoms with Gasteiger partial charge in [-0.3, -0.25) is 0 Å². The van der Waals surface area contributed by atoms with Crippen LogP contribution in [0.1, 0.15) is 11.3 Å². The Kier molecular flexibility index (Phi) is 3.32. The molecule has 0 fully saturated rings. The van der Waals surface area contributed by atoms with Crippen molar-refractivity contribution in [3.8, 4) is 0 Å². The van der Waals surface area contributed by atoms with E-state index in [1.807, 2.05) is 6.07 Å². The van der Waals surface area contributed by atoms with E-state index >= 15 is 0 Å². The van der Waals surface area contributed by atoms with E-state index in [9.17, 15) is 0 Å². The summed E-state index contributed by atoms with van der Waals surface area (Å²) in [6, 6.07) is 3.91. The Bertz CT molecular complexity index is 276. The van der Waals surface area contributed by atoms with E-state index in [1.165, 1.54) is 5.56 Å². The predicted molar refractivity (Wildman–Crippen MR) is 51.9 cm³/mol. The van der Waals surface area contributed by atoms with Gasteiger partial charge in [0.15, 0.2) is 0 Å². The van der Waals surface area contributed by atoms with Crippen molar-refractivity contribution in [3.63, 3.8) is 0 Å². The third kappa shape index (κ3) is 1.89. The van der Waals surface area contributed by atoms with Crippen LogP contribution in [0.25, 0.3) is 0 Å². The fraction of sp³-hybridized carbons (Fsp3) is 0.375. The molecule has 0 saturated heterocycles. The Labute approximate surface area is 82.7 Å². The minimum atomic E-state index is 0. The summed E-state index contributed by atoms with van der Waals surface area (Å²) in [5.41, 5.74) is 2.43. The van der Waals surface area contributed by atoms with Gasteiger partial charge in [-0.2, -0.15) is 0 Å². The molecule has 2 nitrogen and oxygen atoms in total. The summed E-state index contributed by atoms with van der Waals surface area (Å²) in [4.78, 5) is 4.22. The van der Waals surface area contributed by atoms with Crippen LogP contribution in [-0.4, -0.2) is 11.5 Å². The highest BCUT2D eigenvalue weighted by molar-refractivity contribution is 6.29. The lowest BCUT2D eigenvalue weighted by molar-refractivity contribution is 0.627. The maximum atomic E-state index is 5.74. The monoisotopic (exact) mass is 204 g/mol. The molecule has 1 N–H and O–H groups in total. The molecule has 0 aromatic carbocycles. The zero-order valence-electron chi connectivity index (χ0n) is 6.51. The molecular formula is C8H10Cl2N2. The van der Waals surface area contributed by atoms with Gasteiger partial charge < -0.3 is 5.32 Å². The minimum Gasteiger partial charge on any atom is -0.311 e. The van der Waals surface area contributed by atoms with E-state index in [-0.39, 0.29) is 12.4 Å². The molecule has 1 aliphatic rings. The van der Waals surface area contributed by atoms with E-state index in [0.717, 1.165) is 25.2 Å². The first-order valence-corrected chi connectivity index (χ1v) is 4.09. The molecule has 1 aliphatic heterocycles. The van der Waals surface area contributed by atoms with Gasteiger partial charge in [-0.15, -0.1) is 12.4 Å². The fourth-order valence-electron chi connectivity index (χ4n) is 1.31. The molecule has 0 aliphatic carbocycles. The molecule has 1 aromatic rings. The summed E-state index contributed by atoms with van der Waals surface area (Å²) in [7, 11) is 0. The van der Waals surface area contributed by atoms with Crippen LogP contribution in [0.3, 0.4) is 0 Å². The van der Waals surface area contributed by atoms with Crippen molar-refractivity contribution >= 4 is 24.0 Å². The summed E-state index contributed by atoms with van der Waals surface area (Å²) in [6.45, 7) is 1.91. The topological polar surface area (TPSA) is 24.9 Å². The number of pyridine rings is 1. The summed E-state index contributed by atoms with van der Waals surface area (Å²) in [6.07, 6.45) is 1.07. The Morgan fingerprint density at radius 1 is 1.42 bits per heavy atom. The molecule has 0 unspecified atom stereocenters. The van der Waals surface area contributed by atoms with Gasteiger partial charge in [-0.25, -0.2) is 4.98 Å². The molecule has 2 rings (SSSR count). The van der Waals surface area contributed by atoms with Gasteiger partial charge in [0.25, 0.3) is 0 Å². The van der Waals surface area contributed by atoms with Gasteiger partial charge in [0.1, 0.15) is 5.15 Å². The van der Waals surface area contributed by atoms with Gasteiger partial charge in [0.2, 0.25) is 0 Å². The highest BCUT2D eigenvalue weighted by Crippen LogP contribution is 2.14. The number of rotatable bonds is 0. The van der Waals surface area contributed by atoms with Crippen molar-refractivity contribution in [1.82, 2.24) is 10.3 Å². The Morgan fingerprint density at radius 2 is 2.25 bits per heavy atom. The van der Waals surface area contributed by atoms with E-state index < -0.39 is 0 Å². The normalized spacial score (nSPS) is 14.8. The van der Waals surface area contributed by atoms with Crippen LogP contribution in [-0.2, 0) is 13.0 Å². The second kappa shape index (κ2) is 4.08. The van der Waals surface area contributed by atoms with Gasteiger partial charge in [-0.05, 0) is 24.6 Å². The van der Waals surface area contributed by atoms with E-state index in [1.54, 1.807) is 0 Å². The number of aromatic nitrogens is 1. The predicted octanol–water partition coefficient (Wildman–Crippen LogP) is 1.80. The van der Waals surface area contributed by atoms with Crippen LogP contribution in [0.4, 0.5) is 0 Å². The molecule has 0 bridgehead atoms. The van der Waals surface area contributed by atoms with Crippen LogP contribution in [0, 0.1) is 0 Å². The van der Waals surface area contributed by atoms with Gasteiger partial charge in [-0.1, -0.05) is 17.7 Å². The van der Waals surface area contributed by atoms with Crippen LogP contribution in [0.15, 0.2) is 12.1 Å². The SMILES string of the molecule is Cl.Clc1ccc2c(n1)CNCC2. The lowest BCUT2D eigenvalue weighted by atomic mass is 10.1. The number of halogens is 2. The van der Waals surface area contributed by atoms with Crippen LogP contribution >= 0.6 is 24.0 Å². The maximum Gasteiger partial charge on any atom is 0.129 e. The van der Waals surface area contributed by atoms with E-state index in [4.69, 9.17) is 11.6 Å². The van der Waals surface area contributed by atoms with Crippen molar-refractivity contribution in [2.24, 2.45) is 0 Å². The van der Waals surface area contributed by atoms with Gasteiger partial charge >= 0.3 is 0 Å². The van der Waals surface area contributed by atoms with Crippen molar-refractivity contribution in [2.75, 3.05) is 6.54 Å². The molecule has 0 amide bonds. The standard InChI is InChI=1S/C8H9ClN2.ClH/c9-8-2-1-6-3-4-10-5-7(6)11-8;/h1-2,10H,3-5H2;1H.